The standard InChI is InChI=1S/C22H27F2N3O4/c23-17-8-14(9-18(24)20(17)16-6-7-19(28)26-21(16)29)27-11-15(12-27)31-22(30)25-10-13-4-2-1-3-5-13/h8-9,13,15-16H,1-7,10-12H2,(H,25,30)(H,26,28,29). The third kappa shape index (κ3) is 4.97. The van der Waals surface area contributed by atoms with Crippen LogP contribution in [0.1, 0.15) is 56.4 Å². The van der Waals surface area contributed by atoms with Gasteiger partial charge in [0.25, 0.3) is 0 Å². The largest absolute Gasteiger partial charge is 0.442 e. The van der Waals surface area contributed by atoms with Crippen molar-refractivity contribution in [1.82, 2.24) is 10.6 Å². The van der Waals surface area contributed by atoms with E-state index in [1.54, 1.807) is 4.90 Å². The van der Waals surface area contributed by atoms with Gasteiger partial charge in [-0.3, -0.25) is 14.9 Å². The van der Waals surface area contributed by atoms with Gasteiger partial charge in [0.1, 0.15) is 17.7 Å². The maximum absolute atomic E-state index is 14.6. The molecule has 3 aliphatic rings. The number of piperidine rings is 1. The second-order valence-electron chi connectivity index (χ2n) is 8.64. The number of carbonyl (C=O) groups excluding carboxylic acids is 3. The predicted octanol–water partition coefficient (Wildman–Crippen LogP) is 2.98. The van der Waals surface area contributed by atoms with Crippen LogP contribution in [0.15, 0.2) is 12.1 Å². The fraction of sp³-hybridized carbons (Fsp3) is 0.591. The second-order valence-corrected chi connectivity index (χ2v) is 8.64. The number of nitrogens with one attached hydrogen (secondary N) is 2. The third-order valence-corrected chi connectivity index (χ3v) is 6.40. The Hall–Kier alpha value is -2.71. The predicted molar refractivity (Wildman–Crippen MR) is 109 cm³/mol. The number of hydrogen-bond donors (Lipinski definition) is 2. The Labute approximate surface area is 179 Å². The van der Waals surface area contributed by atoms with Gasteiger partial charge in [-0.15, -0.1) is 0 Å². The molecule has 7 nitrogen and oxygen atoms in total. The summed E-state index contributed by atoms with van der Waals surface area (Å²) in [5.74, 6) is -3.27. The number of benzene rings is 1. The third-order valence-electron chi connectivity index (χ3n) is 6.40. The number of carbonyl (C=O) groups is 3. The number of anilines is 1. The average Bonchev–Trinajstić information content (AvgIpc) is 2.70. The van der Waals surface area contributed by atoms with Gasteiger partial charge in [-0.25, -0.2) is 13.6 Å². The molecule has 31 heavy (non-hydrogen) atoms. The summed E-state index contributed by atoms with van der Waals surface area (Å²) < 4.78 is 34.7. The zero-order valence-corrected chi connectivity index (χ0v) is 17.3. The highest BCUT2D eigenvalue weighted by Gasteiger charge is 2.35. The lowest BCUT2D eigenvalue weighted by Gasteiger charge is -2.40. The van der Waals surface area contributed by atoms with Gasteiger partial charge in [-0.1, -0.05) is 19.3 Å². The molecule has 2 heterocycles. The van der Waals surface area contributed by atoms with Gasteiger partial charge in [-0.2, -0.15) is 0 Å². The average molecular weight is 435 g/mol. The summed E-state index contributed by atoms with van der Waals surface area (Å²) in [6.07, 6.45) is 5.25. The van der Waals surface area contributed by atoms with Crippen LogP contribution in [-0.2, 0) is 14.3 Å². The molecule has 0 aromatic heterocycles. The summed E-state index contributed by atoms with van der Waals surface area (Å²) in [6.45, 7) is 1.30. The zero-order chi connectivity index (χ0) is 22.0. The van der Waals surface area contributed by atoms with E-state index in [2.05, 4.69) is 10.6 Å². The number of amides is 3. The summed E-state index contributed by atoms with van der Waals surface area (Å²) in [4.78, 5) is 36.9. The van der Waals surface area contributed by atoms with Gasteiger partial charge >= 0.3 is 6.09 Å². The molecule has 0 spiro atoms. The fourth-order valence-corrected chi connectivity index (χ4v) is 4.59. The first-order valence-corrected chi connectivity index (χ1v) is 10.9. The van der Waals surface area contributed by atoms with Crippen LogP contribution in [0, 0.1) is 17.6 Å². The van der Waals surface area contributed by atoms with E-state index in [1.807, 2.05) is 0 Å². The minimum absolute atomic E-state index is 0.0466. The smallest absolute Gasteiger partial charge is 0.407 e. The molecule has 9 heteroatoms. The van der Waals surface area contributed by atoms with Crippen molar-refractivity contribution < 1.29 is 27.9 Å². The Morgan fingerprint density at radius 1 is 1.10 bits per heavy atom. The van der Waals surface area contributed by atoms with Crippen molar-refractivity contribution in [2.24, 2.45) is 5.92 Å². The molecule has 1 aliphatic carbocycles. The Morgan fingerprint density at radius 2 is 1.77 bits per heavy atom. The van der Waals surface area contributed by atoms with Crippen LogP contribution < -0.4 is 15.5 Å². The fourth-order valence-electron chi connectivity index (χ4n) is 4.59. The van der Waals surface area contributed by atoms with Crippen LogP contribution >= 0.6 is 0 Å². The molecule has 4 rings (SSSR count). The molecule has 168 valence electrons. The number of hydrogen-bond acceptors (Lipinski definition) is 5. The van der Waals surface area contributed by atoms with Gasteiger partial charge in [0.05, 0.1) is 19.0 Å². The van der Waals surface area contributed by atoms with E-state index in [1.165, 1.54) is 31.4 Å². The topological polar surface area (TPSA) is 87.7 Å². The first-order valence-electron chi connectivity index (χ1n) is 10.9. The van der Waals surface area contributed by atoms with Gasteiger partial charge in [0, 0.05) is 24.2 Å². The molecule has 1 unspecified atom stereocenters. The number of alkyl carbamates (subject to hydrolysis) is 1. The summed E-state index contributed by atoms with van der Waals surface area (Å²) in [6, 6.07) is 2.36. The van der Waals surface area contributed by atoms with Gasteiger partial charge < -0.3 is 15.0 Å². The van der Waals surface area contributed by atoms with E-state index < -0.39 is 35.5 Å². The van der Waals surface area contributed by atoms with Crippen molar-refractivity contribution in [3.8, 4) is 0 Å². The molecular formula is C22H27F2N3O4. The Balaban J connectivity index is 1.29. The summed E-state index contributed by atoms with van der Waals surface area (Å²) in [5.41, 5.74) is 0.0117. The lowest BCUT2D eigenvalue weighted by Crippen LogP contribution is -2.54. The highest BCUT2D eigenvalue weighted by Crippen LogP contribution is 2.33. The molecule has 0 bridgehead atoms. The first-order chi connectivity index (χ1) is 14.9. The maximum atomic E-state index is 14.6. The molecule has 3 amide bonds. The van der Waals surface area contributed by atoms with E-state index in [0.717, 1.165) is 12.8 Å². The molecular weight excluding hydrogens is 408 g/mol. The Kier molecular flexibility index (Phi) is 6.38. The van der Waals surface area contributed by atoms with E-state index in [0.29, 0.717) is 31.2 Å². The number of nitrogens with zero attached hydrogens (tertiary/aromatic N) is 1. The first kappa shape index (κ1) is 21.5. The van der Waals surface area contributed by atoms with Crippen LogP contribution in [0.3, 0.4) is 0 Å². The van der Waals surface area contributed by atoms with Crippen molar-refractivity contribution in [3.63, 3.8) is 0 Å². The Bertz CT molecular complexity index is 843. The van der Waals surface area contributed by atoms with Crippen LogP contribution in [0.5, 0.6) is 0 Å². The van der Waals surface area contributed by atoms with E-state index >= 15 is 0 Å². The minimum atomic E-state index is -1.02. The van der Waals surface area contributed by atoms with E-state index in [-0.39, 0.29) is 24.5 Å². The van der Waals surface area contributed by atoms with Gasteiger partial charge in [0.15, 0.2) is 0 Å². The maximum Gasteiger partial charge on any atom is 0.407 e. The molecule has 1 atom stereocenters. The van der Waals surface area contributed by atoms with Crippen molar-refractivity contribution in [3.05, 3.63) is 29.3 Å². The molecule has 1 aromatic carbocycles. The zero-order valence-electron chi connectivity index (χ0n) is 17.3. The molecule has 2 aliphatic heterocycles. The highest BCUT2D eigenvalue weighted by molar-refractivity contribution is 6.01. The van der Waals surface area contributed by atoms with Gasteiger partial charge in [0.2, 0.25) is 11.8 Å². The van der Waals surface area contributed by atoms with Crippen molar-refractivity contribution in [1.29, 1.82) is 0 Å². The van der Waals surface area contributed by atoms with Gasteiger partial charge in [-0.05, 0) is 37.3 Å². The number of rotatable bonds is 5. The Morgan fingerprint density at radius 3 is 2.42 bits per heavy atom. The van der Waals surface area contributed by atoms with Crippen molar-refractivity contribution in [2.75, 3.05) is 24.5 Å². The SMILES string of the molecule is O=C1CCC(c2c(F)cc(N3CC(OC(=O)NCC4CCCCC4)C3)cc2F)C(=O)N1. The summed E-state index contributed by atoms with van der Waals surface area (Å²) >= 11 is 0. The summed E-state index contributed by atoms with van der Waals surface area (Å²) in [5, 5.41) is 4.93. The monoisotopic (exact) mass is 435 g/mol. The second kappa shape index (κ2) is 9.20. The quantitative estimate of drug-likeness (QED) is 0.695. The van der Waals surface area contributed by atoms with Crippen LogP contribution in [0.2, 0.25) is 0 Å². The van der Waals surface area contributed by atoms with Crippen LogP contribution in [-0.4, -0.2) is 43.6 Å². The van der Waals surface area contributed by atoms with Crippen molar-refractivity contribution >= 4 is 23.6 Å². The molecule has 0 radical (unpaired) electrons. The van der Waals surface area contributed by atoms with E-state index in [4.69, 9.17) is 4.74 Å². The highest BCUT2D eigenvalue weighted by atomic mass is 19.1. The van der Waals surface area contributed by atoms with E-state index in [9.17, 15) is 23.2 Å². The lowest BCUT2D eigenvalue weighted by molar-refractivity contribution is -0.134. The molecule has 1 saturated carbocycles. The molecule has 1 aromatic rings. The number of imide groups is 1. The molecule has 3 fully saturated rings. The van der Waals surface area contributed by atoms with Crippen LogP contribution in [0.25, 0.3) is 0 Å². The number of ether oxygens (including phenoxy) is 1. The van der Waals surface area contributed by atoms with Crippen molar-refractivity contribution in [2.45, 2.75) is 57.0 Å². The normalized spacial score (nSPS) is 22.6. The molecule has 2 saturated heterocycles. The molecule has 2 N–H and O–H groups in total. The number of halogens is 2. The van der Waals surface area contributed by atoms with Crippen LogP contribution in [0.4, 0.5) is 19.3 Å². The lowest BCUT2D eigenvalue weighted by atomic mass is 9.89. The summed E-state index contributed by atoms with van der Waals surface area (Å²) in [7, 11) is 0. The minimum Gasteiger partial charge on any atom is -0.442 e.